The Morgan fingerprint density at radius 2 is 1.64 bits per heavy atom. The van der Waals surface area contributed by atoms with Crippen LogP contribution in [0.1, 0.15) is 40.3 Å². The van der Waals surface area contributed by atoms with E-state index in [0.29, 0.717) is 27.1 Å². The molecule has 0 unspecified atom stereocenters. The van der Waals surface area contributed by atoms with E-state index < -0.39 is 15.9 Å². The zero-order chi connectivity index (χ0) is 31.1. The molecule has 0 saturated heterocycles. The van der Waals surface area contributed by atoms with Crippen LogP contribution in [0.2, 0.25) is 0 Å². The molecule has 11 heteroatoms. The number of benzene rings is 4. The molecule has 4 aromatic carbocycles. The Hall–Kier alpha value is -5.68. The quantitative estimate of drug-likeness (QED) is 0.170. The minimum atomic E-state index is -0.512. The van der Waals surface area contributed by atoms with Gasteiger partial charge >= 0.3 is 0 Å². The highest BCUT2D eigenvalue weighted by atomic mass is 32.1. The van der Waals surface area contributed by atoms with Crippen molar-refractivity contribution in [3.8, 4) is 5.75 Å². The molecule has 0 amide bonds. The van der Waals surface area contributed by atoms with Gasteiger partial charge in [0.2, 0.25) is 0 Å². The van der Waals surface area contributed by atoms with E-state index in [1.54, 1.807) is 41.0 Å². The molecule has 1 aliphatic carbocycles. The zero-order valence-corrected chi connectivity index (χ0v) is 24.5. The molecule has 45 heavy (non-hydrogen) atoms. The first-order valence-electron chi connectivity index (χ1n) is 14.2. The lowest BCUT2D eigenvalue weighted by Gasteiger charge is -2.30. The Bertz CT molecular complexity index is 2200. The van der Waals surface area contributed by atoms with Crippen LogP contribution in [-0.2, 0) is 13.0 Å². The Kier molecular flexibility index (Phi) is 7.14. The first-order valence-corrected chi connectivity index (χ1v) is 15.0. The normalized spacial score (nSPS) is 15.5. The molecule has 0 radical (unpaired) electrons. The van der Waals surface area contributed by atoms with Crippen LogP contribution in [0.5, 0.6) is 5.75 Å². The van der Waals surface area contributed by atoms with Crippen molar-refractivity contribution in [3.05, 3.63) is 170 Å². The summed E-state index contributed by atoms with van der Waals surface area (Å²) in [6.45, 7) is 0.251. The van der Waals surface area contributed by atoms with Gasteiger partial charge in [-0.05, 0) is 71.0 Å². The van der Waals surface area contributed by atoms with Crippen LogP contribution in [0.15, 0.2) is 112 Å². The molecule has 222 valence electrons. The number of allylic oxidation sites excluding steroid dienone is 1. The summed E-state index contributed by atoms with van der Waals surface area (Å²) in [5.74, 6) is 0.615. The summed E-state index contributed by atoms with van der Waals surface area (Å²) >= 11 is 1.29. The number of non-ortho nitro benzene ring substituents is 2. The van der Waals surface area contributed by atoms with Crippen LogP contribution in [0, 0.1) is 20.2 Å². The number of rotatable bonds is 7. The highest BCUT2D eigenvalue weighted by Gasteiger charge is 2.33. The van der Waals surface area contributed by atoms with Gasteiger partial charge in [0.05, 0.1) is 26.1 Å². The highest BCUT2D eigenvalue weighted by molar-refractivity contribution is 7.07. The minimum Gasteiger partial charge on any atom is -0.489 e. The average molecular weight is 617 g/mol. The van der Waals surface area contributed by atoms with E-state index in [1.165, 1.54) is 35.1 Å². The molecule has 1 aromatic heterocycles. The summed E-state index contributed by atoms with van der Waals surface area (Å²) in [4.78, 5) is 41.2. The summed E-state index contributed by atoms with van der Waals surface area (Å²) in [6, 6.07) is 27.6. The summed E-state index contributed by atoms with van der Waals surface area (Å²) in [5.41, 5.74) is 6.07. The zero-order valence-electron chi connectivity index (χ0n) is 23.7. The minimum absolute atomic E-state index is 0.0229. The van der Waals surface area contributed by atoms with Gasteiger partial charge in [0.1, 0.15) is 12.4 Å². The standard InChI is InChI=1S/C34H24N4O6S/c39-33-30(18-21-10-15-27(16-11-21)44-20-22-8-13-25(14-9-22)37(40)41)45-34-35-31-28-7-2-1-4-23(28)12-17-29(31)32(36(33)34)24-5-3-6-26(19-24)38(42)43/h1-11,13-16,18-19,32H,12,17,20H2/b30-18+/t32-/m1/s1. The fourth-order valence-electron chi connectivity index (χ4n) is 5.82. The lowest BCUT2D eigenvalue weighted by molar-refractivity contribution is -0.385. The summed E-state index contributed by atoms with van der Waals surface area (Å²) < 4.78 is 8.01. The molecule has 2 heterocycles. The Labute approximate surface area is 259 Å². The molecule has 7 rings (SSSR count). The van der Waals surface area contributed by atoms with Gasteiger partial charge in [-0.3, -0.25) is 29.6 Å². The van der Waals surface area contributed by atoms with Crippen LogP contribution in [0.3, 0.4) is 0 Å². The largest absolute Gasteiger partial charge is 0.489 e. The molecular weight excluding hydrogens is 592 g/mol. The van der Waals surface area contributed by atoms with Crippen molar-refractivity contribution < 1.29 is 14.6 Å². The monoisotopic (exact) mass is 616 g/mol. The summed E-state index contributed by atoms with van der Waals surface area (Å²) in [7, 11) is 0. The third-order valence-electron chi connectivity index (χ3n) is 8.00. The molecule has 1 aliphatic heterocycles. The number of ether oxygens (including phenoxy) is 1. The number of hydrogen-bond acceptors (Lipinski definition) is 8. The number of nitro groups is 2. The maximum absolute atomic E-state index is 14.0. The molecule has 0 saturated carbocycles. The smallest absolute Gasteiger partial charge is 0.271 e. The van der Waals surface area contributed by atoms with E-state index in [0.717, 1.165) is 34.4 Å². The fraction of sp³-hybridized carbons (Fsp3) is 0.118. The maximum Gasteiger partial charge on any atom is 0.271 e. The first-order chi connectivity index (χ1) is 21.9. The predicted octanol–water partition coefficient (Wildman–Crippen LogP) is 5.71. The van der Waals surface area contributed by atoms with Crippen molar-refractivity contribution >= 4 is 34.5 Å². The first kappa shape index (κ1) is 28.1. The molecule has 0 bridgehead atoms. The number of thiazole rings is 1. The van der Waals surface area contributed by atoms with Crippen LogP contribution in [0.25, 0.3) is 11.8 Å². The third-order valence-corrected chi connectivity index (χ3v) is 8.98. The number of nitrogens with zero attached hydrogens (tertiary/aromatic N) is 4. The van der Waals surface area contributed by atoms with Gasteiger partial charge in [0.15, 0.2) is 4.80 Å². The van der Waals surface area contributed by atoms with Crippen LogP contribution in [-0.4, -0.2) is 14.4 Å². The van der Waals surface area contributed by atoms with Gasteiger partial charge in [0.25, 0.3) is 16.9 Å². The van der Waals surface area contributed by atoms with E-state index >= 15 is 0 Å². The van der Waals surface area contributed by atoms with E-state index in [9.17, 15) is 25.0 Å². The van der Waals surface area contributed by atoms with Gasteiger partial charge in [-0.15, -0.1) is 0 Å². The molecule has 0 fully saturated rings. The number of aromatic nitrogens is 1. The molecule has 2 aliphatic rings. The highest BCUT2D eigenvalue weighted by Crippen LogP contribution is 2.41. The number of hydrogen-bond donors (Lipinski definition) is 0. The molecule has 0 spiro atoms. The fourth-order valence-corrected chi connectivity index (χ4v) is 6.82. The topological polar surface area (TPSA) is 130 Å². The maximum atomic E-state index is 14.0. The molecular formula is C34H24N4O6S. The van der Waals surface area contributed by atoms with E-state index in [4.69, 9.17) is 9.73 Å². The van der Waals surface area contributed by atoms with Crippen molar-refractivity contribution in [3.63, 3.8) is 0 Å². The van der Waals surface area contributed by atoms with Gasteiger partial charge in [0, 0.05) is 29.8 Å². The summed E-state index contributed by atoms with van der Waals surface area (Å²) in [6.07, 6.45) is 3.29. The van der Waals surface area contributed by atoms with Crippen molar-refractivity contribution in [2.45, 2.75) is 25.5 Å². The number of fused-ring (bicyclic) bond motifs is 3. The Morgan fingerprint density at radius 3 is 2.40 bits per heavy atom. The van der Waals surface area contributed by atoms with Gasteiger partial charge < -0.3 is 4.74 Å². The predicted molar refractivity (Wildman–Crippen MR) is 170 cm³/mol. The second kappa shape index (κ2) is 11.4. The molecule has 10 nitrogen and oxygen atoms in total. The van der Waals surface area contributed by atoms with Crippen molar-refractivity contribution in [2.75, 3.05) is 0 Å². The van der Waals surface area contributed by atoms with E-state index in [-0.39, 0.29) is 23.5 Å². The van der Waals surface area contributed by atoms with Crippen molar-refractivity contribution in [1.29, 1.82) is 0 Å². The van der Waals surface area contributed by atoms with Gasteiger partial charge in [-0.25, -0.2) is 4.99 Å². The Morgan fingerprint density at radius 1 is 0.889 bits per heavy atom. The summed E-state index contributed by atoms with van der Waals surface area (Å²) in [5, 5.41) is 22.5. The van der Waals surface area contributed by atoms with Gasteiger partial charge in [-0.1, -0.05) is 59.9 Å². The van der Waals surface area contributed by atoms with Crippen LogP contribution < -0.4 is 19.6 Å². The average Bonchev–Trinajstić information content (AvgIpc) is 3.37. The second-order valence-corrected chi connectivity index (χ2v) is 11.8. The van der Waals surface area contributed by atoms with Gasteiger partial charge in [-0.2, -0.15) is 0 Å². The molecule has 5 aromatic rings. The van der Waals surface area contributed by atoms with E-state index in [1.807, 2.05) is 42.5 Å². The molecule has 0 N–H and O–H groups in total. The van der Waals surface area contributed by atoms with E-state index in [2.05, 4.69) is 6.07 Å². The number of nitro benzene ring substituents is 2. The molecule has 1 atom stereocenters. The third kappa shape index (κ3) is 5.34. The lowest BCUT2D eigenvalue weighted by atomic mass is 9.83. The van der Waals surface area contributed by atoms with Crippen molar-refractivity contribution in [2.24, 2.45) is 4.99 Å². The second-order valence-electron chi connectivity index (χ2n) is 10.7. The SMILES string of the molecule is O=c1/c(=C\c2ccc(OCc3ccc([N+](=O)[O-])cc3)cc2)sc2n1[C@H](c1cccc([N+](=O)[O-])c1)C1=C(N=2)c2ccccc2CC1. The Balaban J connectivity index is 1.24. The number of aryl methyl sites for hydroxylation is 1. The van der Waals surface area contributed by atoms with Crippen LogP contribution in [0.4, 0.5) is 11.4 Å². The van der Waals surface area contributed by atoms with Crippen molar-refractivity contribution in [1.82, 2.24) is 4.57 Å². The van der Waals surface area contributed by atoms with Crippen LogP contribution >= 0.6 is 11.3 Å². The lowest BCUT2D eigenvalue weighted by Crippen LogP contribution is -2.38.